The van der Waals surface area contributed by atoms with Crippen molar-refractivity contribution in [3.8, 4) is 0 Å². The Kier molecular flexibility index (Phi) is 1.87. The van der Waals surface area contributed by atoms with Crippen molar-refractivity contribution >= 4 is 11.8 Å². The van der Waals surface area contributed by atoms with Gasteiger partial charge in [-0.25, -0.2) is 4.98 Å². The molecule has 1 aromatic rings. The Balaban J connectivity index is 1.85. The Hall–Kier alpha value is -0.480. The monoisotopic (exact) mass is 171 g/mol. The number of rotatable bonds is 3. The van der Waals surface area contributed by atoms with Crippen molar-refractivity contribution in [1.29, 1.82) is 0 Å². The van der Waals surface area contributed by atoms with Crippen molar-refractivity contribution < 1.29 is 9.15 Å². The quantitative estimate of drug-likeness (QED) is 0.510. The first-order valence-corrected chi connectivity index (χ1v) is 4.49. The summed E-state index contributed by atoms with van der Waals surface area (Å²) in [5.41, 5.74) is 0.934. The number of epoxide rings is 1. The number of thioether (sulfide) groups is 1. The molecule has 1 aliphatic rings. The number of aromatic nitrogens is 1. The molecule has 1 unspecified atom stereocenters. The first kappa shape index (κ1) is 7.18. The van der Waals surface area contributed by atoms with Crippen molar-refractivity contribution in [2.24, 2.45) is 0 Å². The van der Waals surface area contributed by atoms with Gasteiger partial charge in [0.1, 0.15) is 6.26 Å². The zero-order chi connectivity index (χ0) is 7.68. The molecule has 1 atom stereocenters. The summed E-state index contributed by atoms with van der Waals surface area (Å²) in [6.07, 6.45) is 2.10. The minimum atomic E-state index is 0.437. The Morgan fingerprint density at radius 3 is 3.18 bits per heavy atom. The average molecular weight is 171 g/mol. The van der Waals surface area contributed by atoms with Gasteiger partial charge >= 0.3 is 0 Å². The Morgan fingerprint density at radius 1 is 1.82 bits per heavy atom. The van der Waals surface area contributed by atoms with E-state index < -0.39 is 0 Å². The molecule has 3 nitrogen and oxygen atoms in total. The maximum absolute atomic E-state index is 5.14. The first-order valence-electron chi connectivity index (χ1n) is 3.51. The second kappa shape index (κ2) is 2.87. The van der Waals surface area contributed by atoms with Crippen LogP contribution in [0.25, 0.3) is 0 Å². The van der Waals surface area contributed by atoms with Gasteiger partial charge in [0.2, 0.25) is 0 Å². The molecule has 0 radical (unpaired) electrons. The molecule has 1 aromatic heterocycles. The van der Waals surface area contributed by atoms with E-state index in [-0.39, 0.29) is 0 Å². The summed E-state index contributed by atoms with van der Waals surface area (Å²) >= 11 is 1.61. The van der Waals surface area contributed by atoms with Crippen LogP contribution in [0.3, 0.4) is 0 Å². The summed E-state index contributed by atoms with van der Waals surface area (Å²) in [5, 5.41) is 0.748. The molecule has 11 heavy (non-hydrogen) atoms. The molecular formula is C7H9NO2S. The first-order chi connectivity index (χ1) is 5.34. The number of hydrogen-bond acceptors (Lipinski definition) is 4. The van der Waals surface area contributed by atoms with Gasteiger partial charge in [-0.1, -0.05) is 11.8 Å². The van der Waals surface area contributed by atoms with Crippen LogP contribution in [0, 0.1) is 6.92 Å². The lowest BCUT2D eigenvalue weighted by Crippen LogP contribution is -1.88. The van der Waals surface area contributed by atoms with Crippen LogP contribution in [0.2, 0.25) is 0 Å². The number of nitrogens with zero attached hydrogens (tertiary/aromatic N) is 1. The minimum absolute atomic E-state index is 0.437. The number of ether oxygens (including phenoxy) is 1. The fourth-order valence-electron chi connectivity index (χ4n) is 0.727. The van der Waals surface area contributed by atoms with Crippen molar-refractivity contribution in [2.45, 2.75) is 18.3 Å². The zero-order valence-electron chi connectivity index (χ0n) is 6.24. The van der Waals surface area contributed by atoms with Gasteiger partial charge in [-0.05, 0) is 6.92 Å². The van der Waals surface area contributed by atoms with Crippen molar-refractivity contribution in [2.75, 3.05) is 12.4 Å². The molecule has 2 heterocycles. The molecule has 0 N–H and O–H groups in total. The largest absolute Gasteiger partial charge is 0.440 e. The molecule has 0 spiro atoms. The Labute approximate surface area is 69.1 Å². The van der Waals surface area contributed by atoms with Crippen molar-refractivity contribution in [3.63, 3.8) is 0 Å². The summed E-state index contributed by atoms with van der Waals surface area (Å²) in [4.78, 5) is 4.15. The molecule has 2 rings (SSSR count). The lowest BCUT2D eigenvalue weighted by molar-refractivity contribution is 0.423. The van der Waals surface area contributed by atoms with Gasteiger partial charge in [-0.3, -0.25) is 0 Å². The lowest BCUT2D eigenvalue weighted by Gasteiger charge is -1.88. The minimum Gasteiger partial charge on any atom is -0.440 e. The van der Waals surface area contributed by atoms with Gasteiger partial charge in [0, 0.05) is 5.75 Å². The van der Waals surface area contributed by atoms with Crippen LogP contribution in [0.15, 0.2) is 15.9 Å². The molecule has 0 saturated carbocycles. The third-order valence-corrected chi connectivity index (χ3v) is 2.37. The van der Waals surface area contributed by atoms with E-state index in [0.717, 1.165) is 23.3 Å². The normalized spacial score (nSPS) is 22.1. The third-order valence-electron chi connectivity index (χ3n) is 1.39. The van der Waals surface area contributed by atoms with Gasteiger partial charge in [0.25, 0.3) is 5.22 Å². The molecule has 4 heteroatoms. The highest BCUT2D eigenvalue weighted by Crippen LogP contribution is 2.22. The molecule has 0 amide bonds. The molecule has 1 saturated heterocycles. The van der Waals surface area contributed by atoms with Crippen LogP contribution in [0.5, 0.6) is 0 Å². The molecule has 0 bridgehead atoms. The van der Waals surface area contributed by atoms with Gasteiger partial charge in [-0.2, -0.15) is 0 Å². The molecule has 0 aromatic carbocycles. The van der Waals surface area contributed by atoms with E-state index in [9.17, 15) is 0 Å². The van der Waals surface area contributed by atoms with Gasteiger partial charge < -0.3 is 9.15 Å². The van der Waals surface area contributed by atoms with Crippen molar-refractivity contribution in [3.05, 3.63) is 12.0 Å². The second-order valence-corrected chi connectivity index (χ2v) is 3.49. The van der Waals surface area contributed by atoms with Crippen LogP contribution in [-0.2, 0) is 4.74 Å². The predicted molar refractivity (Wildman–Crippen MR) is 41.7 cm³/mol. The topological polar surface area (TPSA) is 38.6 Å². The molecule has 1 fully saturated rings. The average Bonchev–Trinajstić information content (AvgIpc) is 2.72. The van der Waals surface area contributed by atoms with Crippen LogP contribution < -0.4 is 0 Å². The van der Waals surface area contributed by atoms with E-state index in [1.807, 2.05) is 6.92 Å². The fraction of sp³-hybridized carbons (Fsp3) is 0.571. The third kappa shape index (κ3) is 1.97. The van der Waals surface area contributed by atoms with Gasteiger partial charge in [0.15, 0.2) is 0 Å². The van der Waals surface area contributed by atoms with E-state index in [0.29, 0.717) is 6.10 Å². The van der Waals surface area contributed by atoms with E-state index in [1.165, 1.54) is 0 Å². The number of hydrogen-bond donors (Lipinski definition) is 0. The summed E-state index contributed by atoms with van der Waals surface area (Å²) in [6.45, 7) is 2.81. The van der Waals surface area contributed by atoms with Gasteiger partial charge in [-0.15, -0.1) is 0 Å². The van der Waals surface area contributed by atoms with Crippen LogP contribution in [-0.4, -0.2) is 23.4 Å². The summed E-state index contributed by atoms with van der Waals surface area (Å²) in [7, 11) is 0. The number of aryl methyl sites for hydroxylation is 1. The van der Waals surface area contributed by atoms with Crippen LogP contribution >= 0.6 is 11.8 Å². The van der Waals surface area contributed by atoms with Crippen molar-refractivity contribution in [1.82, 2.24) is 4.98 Å². The molecule has 1 aliphatic heterocycles. The highest BCUT2D eigenvalue weighted by Gasteiger charge is 2.23. The molecule has 60 valence electrons. The Morgan fingerprint density at radius 2 is 2.64 bits per heavy atom. The molecule has 0 aliphatic carbocycles. The Bertz CT molecular complexity index is 244. The standard InChI is InChI=1S/C7H9NO2S/c1-5-2-10-7(8-5)11-4-6-3-9-6/h2,6H,3-4H2,1H3. The predicted octanol–water partition coefficient (Wildman–Crippen LogP) is 1.47. The summed E-state index contributed by atoms with van der Waals surface area (Å²) < 4.78 is 10.2. The van der Waals surface area contributed by atoms with Gasteiger partial charge in [0.05, 0.1) is 18.4 Å². The molecular weight excluding hydrogens is 162 g/mol. The zero-order valence-corrected chi connectivity index (χ0v) is 7.06. The summed E-state index contributed by atoms with van der Waals surface area (Å²) in [5.74, 6) is 0.958. The van der Waals surface area contributed by atoms with E-state index in [2.05, 4.69) is 4.98 Å². The van der Waals surface area contributed by atoms with Crippen LogP contribution in [0.1, 0.15) is 5.69 Å². The second-order valence-electron chi connectivity index (χ2n) is 2.52. The maximum atomic E-state index is 5.14. The van der Waals surface area contributed by atoms with E-state index >= 15 is 0 Å². The number of oxazole rings is 1. The fourth-order valence-corrected chi connectivity index (χ4v) is 1.57. The maximum Gasteiger partial charge on any atom is 0.255 e. The summed E-state index contributed by atoms with van der Waals surface area (Å²) in [6, 6.07) is 0. The highest BCUT2D eigenvalue weighted by atomic mass is 32.2. The highest BCUT2D eigenvalue weighted by molar-refractivity contribution is 7.99. The lowest BCUT2D eigenvalue weighted by atomic mass is 10.6. The smallest absolute Gasteiger partial charge is 0.255 e. The SMILES string of the molecule is Cc1coc(SCC2CO2)n1. The van der Waals surface area contributed by atoms with E-state index in [1.54, 1.807) is 18.0 Å². The van der Waals surface area contributed by atoms with E-state index in [4.69, 9.17) is 9.15 Å². The van der Waals surface area contributed by atoms with Crippen LogP contribution in [0.4, 0.5) is 0 Å².